The van der Waals surface area contributed by atoms with Gasteiger partial charge in [-0.3, -0.25) is 0 Å². The second-order valence-corrected chi connectivity index (χ2v) is 3.98. The maximum absolute atomic E-state index is 12.9. The van der Waals surface area contributed by atoms with E-state index >= 15 is 0 Å². The summed E-state index contributed by atoms with van der Waals surface area (Å²) < 4.78 is 12.9. The lowest BCUT2D eigenvalue weighted by Crippen LogP contribution is -2.00. The average Bonchev–Trinajstić information content (AvgIpc) is 2.30. The summed E-state index contributed by atoms with van der Waals surface area (Å²) in [5.74, 6) is 0.0318. The topological polar surface area (TPSA) is 32.3 Å². The number of hydrogen-bond acceptors (Lipinski definition) is 2. The van der Waals surface area contributed by atoms with Crippen LogP contribution in [-0.4, -0.2) is 5.11 Å². The lowest BCUT2D eigenvalue weighted by molar-refractivity contribution is 0.475. The van der Waals surface area contributed by atoms with E-state index in [9.17, 15) is 4.39 Å². The second kappa shape index (κ2) is 4.87. The molecule has 3 heteroatoms. The number of rotatable bonds is 3. The van der Waals surface area contributed by atoms with Crippen molar-refractivity contribution in [2.75, 3.05) is 5.32 Å². The number of phenols is 1. The van der Waals surface area contributed by atoms with Gasteiger partial charge in [0.1, 0.15) is 11.6 Å². The molecule has 0 radical (unpaired) electrons. The summed E-state index contributed by atoms with van der Waals surface area (Å²) in [4.78, 5) is 0. The predicted molar refractivity (Wildman–Crippen MR) is 66.6 cm³/mol. The van der Waals surface area contributed by atoms with Gasteiger partial charge in [0.05, 0.1) is 0 Å². The van der Waals surface area contributed by atoms with Crippen molar-refractivity contribution >= 4 is 5.69 Å². The Hall–Kier alpha value is -2.03. The van der Waals surface area contributed by atoms with Gasteiger partial charge in [-0.2, -0.15) is 0 Å². The van der Waals surface area contributed by atoms with Gasteiger partial charge >= 0.3 is 0 Å². The Labute approximate surface area is 99.7 Å². The molecule has 0 aliphatic heterocycles. The molecular formula is C14H14FNO. The third kappa shape index (κ3) is 2.97. The first-order valence-electron chi connectivity index (χ1n) is 5.43. The fraction of sp³-hybridized carbons (Fsp3) is 0.143. The molecule has 2 N–H and O–H groups in total. The Balaban J connectivity index is 2.04. The highest BCUT2D eigenvalue weighted by Crippen LogP contribution is 2.17. The van der Waals surface area contributed by atoms with Gasteiger partial charge in [0.25, 0.3) is 0 Å². The zero-order valence-corrected chi connectivity index (χ0v) is 9.57. The summed E-state index contributed by atoms with van der Waals surface area (Å²) in [5.41, 5.74) is 2.86. The number of nitrogens with one attached hydrogen (secondary N) is 1. The van der Waals surface area contributed by atoms with Crippen molar-refractivity contribution in [2.24, 2.45) is 0 Å². The summed E-state index contributed by atoms with van der Waals surface area (Å²) in [6, 6.07) is 11.7. The van der Waals surface area contributed by atoms with Crippen molar-refractivity contribution < 1.29 is 9.50 Å². The maximum Gasteiger partial charge on any atom is 0.123 e. The molecule has 2 rings (SSSR count). The molecule has 0 unspecified atom stereocenters. The fourth-order valence-corrected chi connectivity index (χ4v) is 1.64. The highest BCUT2D eigenvalue weighted by molar-refractivity contribution is 5.50. The predicted octanol–water partition coefficient (Wildman–Crippen LogP) is 3.45. The van der Waals surface area contributed by atoms with Crippen LogP contribution in [0.15, 0.2) is 42.5 Å². The Bertz CT molecular complexity index is 508. The number of aromatic hydroxyl groups is 1. The van der Waals surface area contributed by atoms with Crippen molar-refractivity contribution in [1.29, 1.82) is 0 Å². The van der Waals surface area contributed by atoms with Crippen LogP contribution in [0.25, 0.3) is 0 Å². The molecule has 0 saturated heterocycles. The first-order valence-corrected chi connectivity index (χ1v) is 5.43. The molecule has 0 atom stereocenters. The summed E-state index contributed by atoms with van der Waals surface area (Å²) in [5, 5.41) is 12.4. The van der Waals surface area contributed by atoms with E-state index in [1.807, 2.05) is 19.1 Å². The molecule has 0 amide bonds. The van der Waals surface area contributed by atoms with Crippen LogP contribution in [0.2, 0.25) is 0 Å². The molecule has 0 spiro atoms. The molecule has 0 aliphatic carbocycles. The molecule has 88 valence electrons. The number of hydrogen-bond donors (Lipinski definition) is 2. The highest BCUT2D eigenvalue weighted by Gasteiger charge is 1.99. The lowest BCUT2D eigenvalue weighted by Gasteiger charge is -2.09. The fourth-order valence-electron chi connectivity index (χ4n) is 1.64. The minimum atomic E-state index is -0.224. The van der Waals surface area contributed by atoms with Gasteiger partial charge in [-0.1, -0.05) is 12.1 Å². The summed E-state index contributed by atoms with van der Waals surface area (Å²) in [7, 11) is 0. The van der Waals surface area contributed by atoms with E-state index in [1.54, 1.807) is 18.2 Å². The van der Waals surface area contributed by atoms with Gasteiger partial charge in [0.2, 0.25) is 0 Å². The first kappa shape index (κ1) is 11.5. The average molecular weight is 231 g/mol. The molecule has 0 bridgehead atoms. The van der Waals surface area contributed by atoms with Crippen LogP contribution >= 0.6 is 0 Å². The van der Waals surface area contributed by atoms with Crippen molar-refractivity contribution in [2.45, 2.75) is 13.5 Å². The SMILES string of the molecule is Cc1cc(F)ccc1NCc1ccc(O)cc1. The van der Waals surface area contributed by atoms with Crippen LogP contribution in [-0.2, 0) is 6.54 Å². The van der Waals surface area contributed by atoms with Crippen molar-refractivity contribution in [1.82, 2.24) is 0 Å². The van der Waals surface area contributed by atoms with Gasteiger partial charge in [0.15, 0.2) is 0 Å². The standard InChI is InChI=1S/C14H14FNO/c1-10-8-12(15)4-7-14(10)16-9-11-2-5-13(17)6-3-11/h2-8,16-17H,9H2,1H3. The van der Waals surface area contributed by atoms with E-state index in [0.717, 1.165) is 16.8 Å². The Morgan fingerprint density at radius 1 is 1.12 bits per heavy atom. The molecular weight excluding hydrogens is 217 g/mol. The third-order valence-corrected chi connectivity index (χ3v) is 2.61. The van der Waals surface area contributed by atoms with Gasteiger partial charge in [0, 0.05) is 12.2 Å². The summed E-state index contributed by atoms with van der Waals surface area (Å²) in [6.07, 6.45) is 0. The second-order valence-electron chi connectivity index (χ2n) is 3.98. The summed E-state index contributed by atoms with van der Waals surface area (Å²) >= 11 is 0. The van der Waals surface area contributed by atoms with E-state index in [2.05, 4.69) is 5.32 Å². The van der Waals surface area contributed by atoms with Gasteiger partial charge < -0.3 is 10.4 Å². The zero-order chi connectivity index (χ0) is 12.3. The van der Waals surface area contributed by atoms with Crippen LogP contribution in [0.3, 0.4) is 0 Å². The van der Waals surface area contributed by atoms with Crippen LogP contribution in [0, 0.1) is 12.7 Å². The van der Waals surface area contributed by atoms with Crippen LogP contribution < -0.4 is 5.32 Å². The van der Waals surface area contributed by atoms with Gasteiger partial charge in [-0.25, -0.2) is 4.39 Å². The van der Waals surface area contributed by atoms with Gasteiger partial charge in [-0.05, 0) is 48.4 Å². The third-order valence-electron chi connectivity index (χ3n) is 2.61. The van der Waals surface area contributed by atoms with Crippen molar-refractivity contribution in [3.05, 3.63) is 59.4 Å². The van der Waals surface area contributed by atoms with E-state index in [4.69, 9.17) is 5.11 Å². The number of aryl methyl sites for hydroxylation is 1. The number of phenolic OH excluding ortho intramolecular Hbond substituents is 1. The smallest absolute Gasteiger partial charge is 0.123 e. The van der Waals surface area contributed by atoms with Crippen LogP contribution in [0.4, 0.5) is 10.1 Å². The molecule has 2 nitrogen and oxygen atoms in total. The molecule has 0 fully saturated rings. The number of halogens is 1. The van der Waals surface area contributed by atoms with Crippen molar-refractivity contribution in [3.63, 3.8) is 0 Å². The maximum atomic E-state index is 12.9. The van der Waals surface area contributed by atoms with E-state index in [1.165, 1.54) is 12.1 Å². The molecule has 2 aromatic rings. The Morgan fingerprint density at radius 3 is 2.47 bits per heavy atom. The Morgan fingerprint density at radius 2 is 1.82 bits per heavy atom. The molecule has 0 aliphatic rings. The molecule has 0 aromatic heterocycles. The minimum absolute atomic E-state index is 0.224. The van der Waals surface area contributed by atoms with Crippen LogP contribution in [0.1, 0.15) is 11.1 Å². The molecule has 17 heavy (non-hydrogen) atoms. The monoisotopic (exact) mass is 231 g/mol. The molecule has 0 saturated carbocycles. The van der Waals surface area contributed by atoms with Crippen molar-refractivity contribution in [3.8, 4) is 5.75 Å². The Kier molecular flexibility index (Phi) is 3.28. The first-order chi connectivity index (χ1) is 8.15. The zero-order valence-electron chi connectivity index (χ0n) is 9.57. The van der Waals surface area contributed by atoms with Gasteiger partial charge in [-0.15, -0.1) is 0 Å². The quantitative estimate of drug-likeness (QED) is 0.848. The highest BCUT2D eigenvalue weighted by atomic mass is 19.1. The largest absolute Gasteiger partial charge is 0.508 e. The lowest BCUT2D eigenvalue weighted by atomic mass is 10.1. The molecule has 2 aromatic carbocycles. The number of benzene rings is 2. The minimum Gasteiger partial charge on any atom is -0.508 e. The normalized spacial score (nSPS) is 10.2. The van der Waals surface area contributed by atoms with E-state index < -0.39 is 0 Å². The number of anilines is 1. The van der Waals surface area contributed by atoms with E-state index in [-0.39, 0.29) is 11.6 Å². The van der Waals surface area contributed by atoms with E-state index in [0.29, 0.717) is 6.54 Å². The molecule has 0 heterocycles. The summed E-state index contributed by atoms with van der Waals surface area (Å²) in [6.45, 7) is 2.51. The van der Waals surface area contributed by atoms with Crippen LogP contribution in [0.5, 0.6) is 5.75 Å².